The maximum atomic E-state index is 5.29. The maximum absolute atomic E-state index is 5.29. The van der Waals surface area contributed by atoms with Gasteiger partial charge in [-0.2, -0.15) is 0 Å². The summed E-state index contributed by atoms with van der Waals surface area (Å²) in [5, 5.41) is 2.56. The largest absolute Gasteiger partial charge is 0.228 e. The van der Waals surface area contributed by atoms with Crippen LogP contribution in [0.1, 0.15) is 49.9 Å². The van der Waals surface area contributed by atoms with Gasteiger partial charge in [-0.15, -0.1) is 0 Å². The van der Waals surface area contributed by atoms with E-state index >= 15 is 0 Å². The summed E-state index contributed by atoms with van der Waals surface area (Å²) >= 11 is 0. The molecular formula is C50H38N2. The van der Waals surface area contributed by atoms with Crippen LogP contribution in [0.2, 0.25) is 0 Å². The van der Waals surface area contributed by atoms with E-state index in [1.165, 1.54) is 66.4 Å². The van der Waals surface area contributed by atoms with Gasteiger partial charge in [-0.05, 0) is 90.7 Å². The summed E-state index contributed by atoms with van der Waals surface area (Å²) in [5.74, 6) is 0.729. The first-order chi connectivity index (χ1) is 25.3. The third-order valence-electron chi connectivity index (χ3n) is 11.6. The van der Waals surface area contributed by atoms with Gasteiger partial charge in [0.25, 0.3) is 0 Å². The first-order valence-electron chi connectivity index (χ1n) is 18.3. The van der Waals surface area contributed by atoms with Gasteiger partial charge in [-0.25, -0.2) is 9.97 Å². The second kappa shape index (κ2) is 11.2. The van der Waals surface area contributed by atoms with Gasteiger partial charge in [0.05, 0.1) is 11.4 Å². The molecule has 0 spiro atoms. The molecule has 2 nitrogen and oxygen atoms in total. The minimum atomic E-state index is -0.163. The Morgan fingerprint density at radius 1 is 0.365 bits per heavy atom. The van der Waals surface area contributed by atoms with Crippen LogP contribution in [0.5, 0.6) is 0 Å². The summed E-state index contributed by atoms with van der Waals surface area (Å²) < 4.78 is 0. The van der Waals surface area contributed by atoms with Gasteiger partial charge >= 0.3 is 0 Å². The number of hydrogen-bond acceptors (Lipinski definition) is 2. The number of rotatable bonds is 4. The van der Waals surface area contributed by atoms with Crippen LogP contribution in [0.4, 0.5) is 0 Å². The molecule has 52 heavy (non-hydrogen) atoms. The molecule has 0 saturated carbocycles. The Hall–Kier alpha value is -6.12. The first kappa shape index (κ1) is 30.7. The van der Waals surface area contributed by atoms with Gasteiger partial charge in [-0.1, -0.05) is 161 Å². The molecule has 2 aliphatic rings. The van der Waals surface area contributed by atoms with Crippen molar-refractivity contribution in [1.82, 2.24) is 9.97 Å². The number of benzene rings is 7. The molecule has 8 aromatic rings. The molecule has 0 atom stereocenters. The Balaban J connectivity index is 1.16. The van der Waals surface area contributed by atoms with E-state index < -0.39 is 0 Å². The van der Waals surface area contributed by atoms with Gasteiger partial charge in [-0.3, -0.25) is 0 Å². The highest BCUT2D eigenvalue weighted by molar-refractivity contribution is 5.99. The topological polar surface area (TPSA) is 25.8 Å². The smallest absolute Gasteiger partial charge is 0.160 e. The van der Waals surface area contributed by atoms with Crippen LogP contribution >= 0.6 is 0 Å². The van der Waals surface area contributed by atoms with Crippen molar-refractivity contribution in [2.24, 2.45) is 0 Å². The van der Waals surface area contributed by atoms with Crippen LogP contribution in [-0.4, -0.2) is 9.97 Å². The zero-order valence-corrected chi connectivity index (χ0v) is 29.9. The Morgan fingerprint density at radius 3 is 1.81 bits per heavy atom. The average molecular weight is 667 g/mol. The Labute approximate surface area is 305 Å². The third kappa shape index (κ3) is 4.50. The minimum Gasteiger partial charge on any atom is -0.228 e. The summed E-state index contributed by atoms with van der Waals surface area (Å²) in [7, 11) is 0. The highest BCUT2D eigenvalue weighted by Gasteiger charge is 2.39. The van der Waals surface area contributed by atoms with Gasteiger partial charge in [0.2, 0.25) is 0 Å². The summed E-state index contributed by atoms with van der Waals surface area (Å²) in [5.41, 5.74) is 18.0. The highest BCUT2D eigenvalue weighted by Crippen LogP contribution is 2.54. The standard InChI is InChI=1S/C50H38N2/c1-49(2)42-26-14-22-36(46(42)40-28-32-17-8-9-18-33(32)29-43(40)49)34-19-12-20-35(27-34)44-30-45(52-48(51-44)31-15-6-5-7-16-31)39-24-13-23-38-37-21-10-11-25-41(37)50(3,4)47(38)39/h5-30H,1-4H3. The predicted molar refractivity (Wildman–Crippen MR) is 216 cm³/mol. The molecule has 7 aromatic carbocycles. The van der Waals surface area contributed by atoms with E-state index in [0.29, 0.717) is 0 Å². The zero-order valence-electron chi connectivity index (χ0n) is 29.9. The number of nitrogens with zero attached hydrogens (tertiary/aromatic N) is 2. The van der Waals surface area contributed by atoms with Gasteiger partial charge in [0.15, 0.2) is 5.82 Å². The Morgan fingerprint density at radius 2 is 0.962 bits per heavy atom. The zero-order chi connectivity index (χ0) is 35.2. The van der Waals surface area contributed by atoms with Crippen LogP contribution in [0.25, 0.3) is 78.1 Å². The van der Waals surface area contributed by atoms with E-state index in [2.05, 4.69) is 179 Å². The van der Waals surface area contributed by atoms with Crippen molar-refractivity contribution in [1.29, 1.82) is 0 Å². The van der Waals surface area contributed by atoms with Crippen molar-refractivity contribution in [3.8, 4) is 67.3 Å². The van der Waals surface area contributed by atoms with Gasteiger partial charge in [0.1, 0.15) is 0 Å². The molecule has 1 heterocycles. The predicted octanol–water partition coefficient (Wildman–Crippen LogP) is 12.9. The van der Waals surface area contributed by atoms with Crippen molar-refractivity contribution < 1.29 is 0 Å². The van der Waals surface area contributed by atoms with Crippen molar-refractivity contribution in [3.63, 3.8) is 0 Å². The third-order valence-corrected chi connectivity index (χ3v) is 11.6. The van der Waals surface area contributed by atoms with Crippen molar-refractivity contribution >= 4 is 10.8 Å². The van der Waals surface area contributed by atoms with Crippen LogP contribution in [-0.2, 0) is 10.8 Å². The first-order valence-corrected chi connectivity index (χ1v) is 18.3. The fourth-order valence-electron chi connectivity index (χ4n) is 9.07. The monoisotopic (exact) mass is 666 g/mol. The summed E-state index contributed by atoms with van der Waals surface area (Å²) in [6, 6.07) is 57.3. The van der Waals surface area contributed by atoms with E-state index in [9.17, 15) is 0 Å². The van der Waals surface area contributed by atoms with Crippen LogP contribution in [0.3, 0.4) is 0 Å². The lowest BCUT2D eigenvalue weighted by Gasteiger charge is -2.24. The molecule has 2 heteroatoms. The van der Waals surface area contributed by atoms with Gasteiger partial charge < -0.3 is 0 Å². The van der Waals surface area contributed by atoms with E-state index in [4.69, 9.17) is 9.97 Å². The molecule has 10 rings (SSSR count). The molecule has 0 fully saturated rings. The summed E-state index contributed by atoms with van der Waals surface area (Å²) in [6.45, 7) is 9.40. The van der Waals surface area contributed by atoms with Crippen molar-refractivity contribution in [2.45, 2.75) is 38.5 Å². The lowest BCUT2D eigenvalue weighted by Crippen LogP contribution is -2.16. The Kier molecular flexibility index (Phi) is 6.60. The fourth-order valence-corrected chi connectivity index (χ4v) is 9.07. The molecule has 0 radical (unpaired) electrons. The second-order valence-electron chi connectivity index (χ2n) is 15.4. The molecule has 0 amide bonds. The van der Waals surface area contributed by atoms with E-state index in [0.717, 1.165) is 33.9 Å². The lowest BCUT2D eigenvalue weighted by molar-refractivity contribution is 0.661. The van der Waals surface area contributed by atoms with Crippen molar-refractivity contribution in [3.05, 3.63) is 180 Å². The quantitative estimate of drug-likeness (QED) is 0.187. The fraction of sp³-hybridized carbons (Fsp3) is 0.120. The SMILES string of the molecule is CC1(C)c2cc3ccccc3cc2-c2c(-c3cccc(-c4cc(-c5cccc6c5C(C)(C)c5ccccc5-6)nc(-c5ccccc5)n4)c3)cccc21. The number of fused-ring (bicyclic) bond motifs is 7. The minimum absolute atomic E-state index is 0.0994. The Bertz CT molecular complexity index is 2730. The molecule has 2 aliphatic carbocycles. The maximum Gasteiger partial charge on any atom is 0.160 e. The summed E-state index contributed by atoms with van der Waals surface area (Å²) in [4.78, 5) is 10.5. The summed E-state index contributed by atoms with van der Waals surface area (Å²) in [6.07, 6.45) is 0. The normalized spacial score (nSPS) is 14.5. The number of aromatic nitrogens is 2. The highest BCUT2D eigenvalue weighted by atomic mass is 14.9. The molecule has 248 valence electrons. The molecule has 0 saturated heterocycles. The van der Waals surface area contributed by atoms with E-state index in [1.807, 2.05) is 6.07 Å². The lowest BCUT2D eigenvalue weighted by atomic mass is 9.79. The van der Waals surface area contributed by atoms with Crippen LogP contribution in [0, 0.1) is 0 Å². The van der Waals surface area contributed by atoms with E-state index in [-0.39, 0.29) is 10.8 Å². The van der Waals surface area contributed by atoms with Crippen molar-refractivity contribution in [2.75, 3.05) is 0 Å². The molecule has 0 N–H and O–H groups in total. The van der Waals surface area contributed by atoms with Crippen LogP contribution in [0.15, 0.2) is 158 Å². The van der Waals surface area contributed by atoms with Gasteiger partial charge in [0, 0.05) is 27.5 Å². The molecular weight excluding hydrogens is 629 g/mol. The molecule has 0 unspecified atom stereocenters. The molecule has 1 aromatic heterocycles. The average Bonchev–Trinajstić information content (AvgIpc) is 3.56. The molecule has 0 aliphatic heterocycles. The molecule has 0 bridgehead atoms. The number of hydrogen-bond donors (Lipinski definition) is 0. The van der Waals surface area contributed by atoms with E-state index in [1.54, 1.807) is 0 Å². The van der Waals surface area contributed by atoms with Crippen LogP contribution < -0.4 is 0 Å². The second-order valence-corrected chi connectivity index (χ2v) is 15.4.